The van der Waals surface area contributed by atoms with Gasteiger partial charge in [0, 0.05) is 25.6 Å². The molecule has 0 spiro atoms. The van der Waals surface area contributed by atoms with Crippen LogP contribution in [0.2, 0.25) is 0 Å². The molecule has 1 N–H and O–H groups in total. The van der Waals surface area contributed by atoms with Gasteiger partial charge >= 0.3 is 12.0 Å². The third kappa shape index (κ3) is 3.19. The van der Waals surface area contributed by atoms with Crippen molar-refractivity contribution >= 4 is 12.0 Å². The maximum Gasteiger partial charge on any atom is 0.317 e. The van der Waals surface area contributed by atoms with Crippen molar-refractivity contribution in [3.8, 4) is 0 Å². The number of hydrogen-bond acceptors (Lipinski definition) is 3. The lowest BCUT2D eigenvalue weighted by Gasteiger charge is -2.36. The van der Waals surface area contributed by atoms with Crippen LogP contribution in [0.4, 0.5) is 4.79 Å². The number of esters is 1. The number of carbonyl (C=O) groups excluding carboxylic acids is 2. The molecule has 1 aromatic carbocycles. The Kier molecular flexibility index (Phi) is 4.55. The minimum absolute atomic E-state index is 0.0236. The third-order valence-electron chi connectivity index (χ3n) is 5.16. The van der Waals surface area contributed by atoms with Gasteiger partial charge in [0.25, 0.3) is 0 Å². The molecule has 5 nitrogen and oxygen atoms in total. The molecule has 0 unspecified atom stereocenters. The fourth-order valence-electron chi connectivity index (χ4n) is 3.70. The van der Waals surface area contributed by atoms with Crippen molar-refractivity contribution in [1.82, 2.24) is 10.2 Å². The molecule has 3 atom stereocenters. The van der Waals surface area contributed by atoms with Crippen molar-refractivity contribution in [3.63, 3.8) is 0 Å². The average Bonchev–Trinajstić information content (AvgIpc) is 2.54. The van der Waals surface area contributed by atoms with Gasteiger partial charge in [0.2, 0.25) is 0 Å². The largest absolute Gasteiger partial charge is 0.469 e. The first kappa shape index (κ1) is 15.8. The van der Waals surface area contributed by atoms with Crippen LogP contribution in [0.25, 0.3) is 0 Å². The zero-order valence-corrected chi connectivity index (χ0v) is 13.7. The van der Waals surface area contributed by atoms with E-state index in [1.165, 1.54) is 18.2 Å². The molecular formula is C18H24N2O3. The lowest BCUT2D eigenvalue weighted by Crippen LogP contribution is -2.50. The highest BCUT2D eigenvalue weighted by Gasteiger charge is 2.34. The van der Waals surface area contributed by atoms with Crippen molar-refractivity contribution in [1.29, 1.82) is 0 Å². The van der Waals surface area contributed by atoms with E-state index in [2.05, 4.69) is 23.5 Å². The molecule has 5 heteroatoms. The lowest BCUT2D eigenvalue weighted by molar-refractivity contribution is -0.148. The molecule has 2 amide bonds. The summed E-state index contributed by atoms with van der Waals surface area (Å²) in [6, 6.07) is 8.36. The molecule has 1 aliphatic heterocycles. The van der Waals surface area contributed by atoms with Crippen LogP contribution in [-0.2, 0) is 16.0 Å². The third-order valence-corrected chi connectivity index (χ3v) is 5.16. The number of methoxy groups -OCH3 is 1. The number of carbonyl (C=O) groups is 2. The fraction of sp³-hybridized carbons (Fsp3) is 0.556. The van der Waals surface area contributed by atoms with Crippen LogP contribution in [-0.4, -0.2) is 43.6 Å². The maximum absolute atomic E-state index is 12.3. The summed E-state index contributed by atoms with van der Waals surface area (Å²) in [5.41, 5.74) is 2.74. The second-order valence-corrected chi connectivity index (χ2v) is 6.63. The standard InChI is InChI=1S/C18H24N2O3/c1-12-11-20(8-7-15(12)17(21)23-2)18(22)19-10-14-9-13-5-3-4-6-16(13)14/h3-6,12,14-15H,7-11H2,1-2H3,(H,19,22)/t12-,14+,15-/m1/s1. The Bertz CT molecular complexity index is 602. The summed E-state index contributed by atoms with van der Waals surface area (Å²) in [5.74, 6) is 0.303. The summed E-state index contributed by atoms with van der Waals surface area (Å²) in [4.78, 5) is 25.8. The summed E-state index contributed by atoms with van der Waals surface area (Å²) in [7, 11) is 1.42. The Morgan fingerprint density at radius 1 is 1.35 bits per heavy atom. The Hall–Kier alpha value is -2.04. The van der Waals surface area contributed by atoms with Gasteiger partial charge < -0.3 is 15.0 Å². The predicted molar refractivity (Wildman–Crippen MR) is 87.1 cm³/mol. The summed E-state index contributed by atoms with van der Waals surface area (Å²) >= 11 is 0. The smallest absolute Gasteiger partial charge is 0.317 e. The van der Waals surface area contributed by atoms with Crippen molar-refractivity contribution in [2.24, 2.45) is 11.8 Å². The summed E-state index contributed by atoms with van der Waals surface area (Å²) < 4.78 is 4.83. The van der Waals surface area contributed by atoms with Crippen molar-refractivity contribution in [2.45, 2.75) is 25.7 Å². The molecule has 3 rings (SSSR count). The molecule has 1 aliphatic carbocycles. The van der Waals surface area contributed by atoms with E-state index in [-0.39, 0.29) is 23.8 Å². The highest BCUT2D eigenvalue weighted by Crippen LogP contribution is 2.34. The molecule has 2 aliphatic rings. The van der Waals surface area contributed by atoms with E-state index < -0.39 is 0 Å². The van der Waals surface area contributed by atoms with E-state index in [1.54, 1.807) is 0 Å². The van der Waals surface area contributed by atoms with Gasteiger partial charge in [-0.2, -0.15) is 0 Å². The molecule has 1 heterocycles. The van der Waals surface area contributed by atoms with Crippen LogP contribution in [0.15, 0.2) is 24.3 Å². The number of rotatable bonds is 3. The number of likely N-dealkylation sites (tertiary alicyclic amines) is 1. The van der Waals surface area contributed by atoms with E-state index in [1.807, 2.05) is 17.9 Å². The number of nitrogens with zero attached hydrogens (tertiary/aromatic N) is 1. The molecular weight excluding hydrogens is 292 g/mol. The lowest BCUT2D eigenvalue weighted by atomic mass is 9.78. The number of amides is 2. The van der Waals surface area contributed by atoms with Crippen LogP contribution in [0.1, 0.15) is 30.4 Å². The monoisotopic (exact) mass is 316 g/mol. The molecule has 0 bridgehead atoms. The molecule has 0 radical (unpaired) electrons. The minimum Gasteiger partial charge on any atom is -0.469 e. The van der Waals surface area contributed by atoms with E-state index >= 15 is 0 Å². The Morgan fingerprint density at radius 3 is 2.83 bits per heavy atom. The molecule has 1 fully saturated rings. The Labute approximate surface area is 137 Å². The molecule has 124 valence electrons. The number of nitrogens with one attached hydrogen (secondary N) is 1. The first-order chi connectivity index (χ1) is 11.1. The Balaban J connectivity index is 1.48. The van der Waals surface area contributed by atoms with Gasteiger partial charge in [-0.25, -0.2) is 4.79 Å². The fourth-order valence-corrected chi connectivity index (χ4v) is 3.70. The normalized spacial score (nSPS) is 26.0. The first-order valence-electron chi connectivity index (χ1n) is 8.28. The van der Waals surface area contributed by atoms with Crippen molar-refractivity contribution in [2.75, 3.05) is 26.7 Å². The van der Waals surface area contributed by atoms with Crippen LogP contribution >= 0.6 is 0 Å². The second-order valence-electron chi connectivity index (χ2n) is 6.63. The van der Waals surface area contributed by atoms with Crippen LogP contribution < -0.4 is 5.32 Å². The van der Waals surface area contributed by atoms with E-state index in [4.69, 9.17) is 4.74 Å². The van der Waals surface area contributed by atoms with Gasteiger partial charge in [0.05, 0.1) is 13.0 Å². The molecule has 0 aromatic heterocycles. The van der Waals surface area contributed by atoms with Gasteiger partial charge in [-0.15, -0.1) is 0 Å². The highest BCUT2D eigenvalue weighted by atomic mass is 16.5. The van der Waals surface area contributed by atoms with Crippen molar-refractivity contribution in [3.05, 3.63) is 35.4 Å². The average molecular weight is 316 g/mol. The predicted octanol–water partition coefficient (Wildman–Crippen LogP) is 2.17. The highest BCUT2D eigenvalue weighted by molar-refractivity contribution is 5.76. The van der Waals surface area contributed by atoms with E-state index in [0.717, 1.165) is 6.42 Å². The maximum atomic E-state index is 12.3. The number of hydrogen-bond donors (Lipinski definition) is 1. The quantitative estimate of drug-likeness (QED) is 0.870. The van der Waals surface area contributed by atoms with Crippen LogP contribution in [0.5, 0.6) is 0 Å². The molecule has 23 heavy (non-hydrogen) atoms. The molecule has 1 saturated heterocycles. The van der Waals surface area contributed by atoms with Crippen LogP contribution in [0, 0.1) is 11.8 Å². The number of fused-ring (bicyclic) bond motifs is 1. The van der Waals surface area contributed by atoms with Gasteiger partial charge in [-0.05, 0) is 29.9 Å². The summed E-state index contributed by atoms with van der Waals surface area (Å²) in [6.07, 6.45) is 1.71. The molecule has 0 saturated carbocycles. The van der Waals surface area contributed by atoms with Gasteiger partial charge in [0.1, 0.15) is 0 Å². The Morgan fingerprint density at radius 2 is 2.13 bits per heavy atom. The second kappa shape index (κ2) is 6.60. The summed E-state index contributed by atoms with van der Waals surface area (Å²) in [5, 5.41) is 3.04. The first-order valence-corrected chi connectivity index (χ1v) is 8.28. The minimum atomic E-state index is -0.163. The van der Waals surface area contributed by atoms with Crippen molar-refractivity contribution < 1.29 is 14.3 Å². The van der Waals surface area contributed by atoms with E-state index in [9.17, 15) is 9.59 Å². The van der Waals surface area contributed by atoms with Gasteiger partial charge in [0.15, 0.2) is 0 Å². The van der Waals surface area contributed by atoms with E-state index in [0.29, 0.717) is 32.0 Å². The number of urea groups is 1. The zero-order chi connectivity index (χ0) is 16.4. The SMILES string of the molecule is COC(=O)[C@@H]1CCN(C(=O)NC[C@@H]2Cc3ccccc32)C[C@H]1C. The summed E-state index contributed by atoms with van der Waals surface area (Å²) in [6.45, 7) is 3.90. The van der Waals surface area contributed by atoms with Gasteiger partial charge in [-0.3, -0.25) is 4.79 Å². The number of ether oxygens (including phenoxy) is 1. The number of benzene rings is 1. The van der Waals surface area contributed by atoms with Gasteiger partial charge in [-0.1, -0.05) is 31.2 Å². The topological polar surface area (TPSA) is 58.6 Å². The molecule has 1 aromatic rings. The van der Waals surface area contributed by atoms with Crippen LogP contribution in [0.3, 0.4) is 0 Å². The zero-order valence-electron chi connectivity index (χ0n) is 13.7. The number of piperidine rings is 1.